The monoisotopic (exact) mass is 253 g/mol. The third-order valence-electron chi connectivity index (χ3n) is 3.53. The van der Waals surface area contributed by atoms with Crippen LogP contribution in [-0.2, 0) is 17.8 Å². The summed E-state index contributed by atoms with van der Waals surface area (Å²) in [7, 11) is 0. The molecule has 1 aliphatic carbocycles. The van der Waals surface area contributed by atoms with Gasteiger partial charge >= 0.3 is 0 Å². The number of rotatable bonds is 5. The quantitative estimate of drug-likeness (QED) is 0.814. The number of hydrogen-bond donors (Lipinski definition) is 1. The Morgan fingerprint density at radius 3 is 2.61 bits per heavy atom. The predicted molar refractivity (Wildman–Crippen MR) is 68.0 cm³/mol. The van der Waals surface area contributed by atoms with Crippen LogP contribution in [0.5, 0.6) is 0 Å². The maximum Gasteiger partial charge on any atom is 0.226 e. The van der Waals surface area contributed by atoms with Gasteiger partial charge in [0, 0.05) is 12.0 Å². The highest BCUT2D eigenvalue weighted by Gasteiger charge is 2.26. The molecule has 1 aromatic rings. The van der Waals surface area contributed by atoms with E-state index in [4.69, 9.17) is 15.0 Å². The summed E-state index contributed by atoms with van der Waals surface area (Å²) in [5.41, 5.74) is 6.21. The van der Waals surface area contributed by atoms with Gasteiger partial charge in [-0.3, -0.25) is 0 Å². The first kappa shape index (κ1) is 13.5. The number of hydrogen-bond acceptors (Lipinski definition) is 5. The Kier molecular flexibility index (Phi) is 4.72. The van der Waals surface area contributed by atoms with Crippen molar-refractivity contribution < 1.29 is 9.26 Å². The van der Waals surface area contributed by atoms with E-state index in [1.165, 1.54) is 25.7 Å². The fourth-order valence-corrected chi connectivity index (χ4v) is 2.41. The topological polar surface area (TPSA) is 74.2 Å². The molecule has 2 rings (SSSR count). The van der Waals surface area contributed by atoms with Gasteiger partial charge < -0.3 is 15.0 Å². The van der Waals surface area contributed by atoms with Gasteiger partial charge in [-0.2, -0.15) is 4.98 Å². The minimum absolute atomic E-state index is 0.159. The van der Waals surface area contributed by atoms with Crippen molar-refractivity contribution in [2.45, 2.75) is 64.0 Å². The minimum Gasteiger partial charge on any atom is -0.371 e. The lowest BCUT2D eigenvalue weighted by Crippen LogP contribution is -2.43. The highest BCUT2D eigenvalue weighted by atomic mass is 16.5. The molecule has 1 saturated carbocycles. The second kappa shape index (κ2) is 6.29. The van der Waals surface area contributed by atoms with Gasteiger partial charge in [0.2, 0.25) is 5.89 Å². The van der Waals surface area contributed by atoms with Crippen LogP contribution in [-0.4, -0.2) is 22.3 Å². The lowest BCUT2D eigenvalue weighted by molar-refractivity contribution is 0.0619. The van der Waals surface area contributed by atoms with E-state index >= 15 is 0 Å². The van der Waals surface area contributed by atoms with Crippen molar-refractivity contribution >= 4 is 0 Å². The average Bonchev–Trinajstić information content (AvgIpc) is 2.71. The SMILES string of the molecule is CCc1nc(COCC2(N)CCCCCC2)no1. The molecule has 0 aliphatic heterocycles. The van der Waals surface area contributed by atoms with Crippen molar-refractivity contribution in [2.75, 3.05) is 6.61 Å². The van der Waals surface area contributed by atoms with E-state index in [1.54, 1.807) is 0 Å². The second-order valence-electron chi connectivity index (χ2n) is 5.23. The van der Waals surface area contributed by atoms with Gasteiger partial charge in [0.1, 0.15) is 6.61 Å². The zero-order chi connectivity index (χ0) is 12.8. The number of aromatic nitrogens is 2. The number of aryl methyl sites for hydroxylation is 1. The lowest BCUT2D eigenvalue weighted by atomic mass is 9.93. The van der Waals surface area contributed by atoms with Crippen LogP contribution in [0.2, 0.25) is 0 Å². The van der Waals surface area contributed by atoms with Crippen LogP contribution < -0.4 is 5.73 Å². The maximum atomic E-state index is 6.37. The molecule has 5 heteroatoms. The van der Waals surface area contributed by atoms with Crippen molar-refractivity contribution in [3.63, 3.8) is 0 Å². The highest BCUT2D eigenvalue weighted by molar-refractivity contribution is 4.87. The molecule has 0 aromatic carbocycles. The number of ether oxygens (including phenoxy) is 1. The predicted octanol–water partition coefficient (Wildman–Crippen LogP) is 2.20. The molecule has 1 fully saturated rings. The van der Waals surface area contributed by atoms with Crippen LogP contribution in [0.25, 0.3) is 0 Å². The summed E-state index contributed by atoms with van der Waals surface area (Å²) in [6.45, 7) is 2.96. The third-order valence-corrected chi connectivity index (χ3v) is 3.53. The molecule has 0 atom stereocenters. The van der Waals surface area contributed by atoms with Gasteiger partial charge in [0.05, 0.1) is 6.61 Å². The van der Waals surface area contributed by atoms with Gasteiger partial charge in [0.15, 0.2) is 5.82 Å². The molecule has 18 heavy (non-hydrogen) atoms. The maximum absolute atomic E-state index is 6.37. The summed E-state index contributed by atoms with van der Waals surface area (Å²) < 4.78 is 10.7. The third kappa shape index (κ3) is 3.78. The van der Waals surface area contributed by atoms with Gasteiger partial charge in [-0.15, -0.1) is 0 Å². The molecule has 1 aromatic heterocycles. The van der Waals surface area contributed by atoms with Crippen LogP contribution >= 0.6 is 0 Å². The molecule has 2 N–H and O–H groups in total. The van der Waals surface area contributed by atoms with Crippen molar-refractivity contribution in [3.05, 3.63) is 11.7 Å². The summed E-state index contributed by atoms with van der Waals surface area (Å²) in [6, 6.07) is 0. The molecule has 0 amide bonds. The zero-order valence-corrected chi connectivity index (χ0v) is 11.2. The smallest absolute Gasteiger partial charge is 0.226 e. The van der Waals surface area contributed by atoms with Crippen molar-refractivity contribution in [3.8, 4) is 0 Å². The summed E-state index contributed by atoms with van der Waals surface area (Å²) in [6.07, 6.45) is 7.88. The van der Waals surface area contributed by atoms with E-state index in [-0.39, 0.29) is 5.54 Å². The summed E-state index contributed by atoms with van der Waals surface area (Å²) in [5, 5.41) is 3.86. The molecule has 0 radical (unpaired) electrons. The second-order valence-corrected chi connectivity index (χ2v) is 5.23. The molecule has 102 valence electrons. The Morgan fingerprint density at radius 1 is 1.28 bits per heavy atom. The molecule has 1 aliphatic rings. The van der Waals surface area contributed by atoms with Crippen LogP contribution in [0.3, 0.4) is 0 Å². The molecular formula is C13H23N3O2. The molecule has 1 heterocycles. The van der Waals surface area contributed by atoms with Crippen LogP contribution in [0.4, 0.5) is 0 Å². The minimum atomic E-state index is -0.159. The van der Waals surface area contributed by atoms with E-state index in [2.05, 4.69) is 10.1 Å². The number of nitrogens with two attached hydrogens (primary N) is 1. The normalized spacial score (nSPS) is 19.7. The van der Waals surface area contributed by atoms with Crippen LogP contribution in [0.1, 0.15) is 57.2 Å². The molecule has 0 unspecified atom stereocenters. The van der Waals surface area contributed by atoms with Crippen molar-refractivity contribution in [1.82, 2.24) is 10.1 Å². The van der Waals surface area contributed by atoms with Crippen LogP contribution in [0.15, 0.2) is 4.52 Å². The Labute approximate surface area is 108 Å². The molecule has 0 saturated heterocycles. The molecular weight excluding hydrogens is 230 g/mol. The first-order valence-corrected chi connectivity index (χ1v) is 6.90. The van der Waals surface area contributed by atoms with E-state index in [0.717, 1.165) is 19.3 Å². The fourth-order valence-electron chi connectivity index (χ4n) is 2.41. The average molecular weight is 253 g/mol. The first-order chi connectivity index (χ1) is 8.72. The summed E-state index contributed by atoms with van der Waals surface area (Å²) >= 11 is 0. The summed E-state index contributed by atoms with van der Waals surface area (Å²) in [4.78, 5) is 4.21. The van der Waals surface area contributed by atoms with Gasteiger partial charge in [0.25, 0.3) is 0 Å². The highest BCUT2D eigenvalue weighted by Crippen LogP contribution is 2.25. The van der Waals surface area contributed by atoms with Crippen molar-refractivity contribution in [1.29, 1.82) is 0 Å². The van der Waals surface area contributed by atoms with Crippen molar-refractivity contribution in [2.24, 2.45) is 5.73 Å². The van der Waals surface area contributed by atoms with Gasteiger partial charge in [-0.1, -0.05) is 37.8 Å². The van der Waals surface area contributed by atoms with Gasteiger partial charge in [-0.25, -0.2) is 0 Å². The standard InChI is InChI=1S/C13H23N3O2/c1-2-12-15-11(16-18-12)9-17-10-13(14)7-5-3-4-6-8-13/h2-10,14H2,1H3. The summed E-state index contributed by atoms with van der Waals surface area (Å²) in [5.74, 6) is 1.27. The Bertz CT molecular complexity index is 357. The Balaban J connectivity index is 1.76. The first-order valence-electron chi connectivity index (χ1n) is 6.90. The lowest BCUT2D eigenvalue weighted by Gasteiger charge is -2.27. The molecule has 0 spiro atoms. The zero-order valence-electron chi connectivity index (χ0n) is 11.2. The molecule has 0 bridgehead atoms. The van der Waals surface area contributed by atoms with E-state index < -0.39 is 0 Å². The van der Waals surface area contributed by atoms with Gasteiger partial charge in [-0.05, 0) is 12.8 Å². The fraction of sp³-hybridized carbons (Fsp3) is 0.846. The Morgan fingerprint density at radius 2 is 2.00 bits per heavy atom. The Hall–Kier alpha value is -0.940. The van der Waals surface area contributed by atoms with E-state index in [1.807, 2.05) is 6.92 Å². The van der Waals surface area contributed by atoms with E-state index in [9.17, 15) is 0 Å². The number of nitrogens with zero attached hydrogens (tertiary/aromatic N) is 2. The van der Waals surface area contributed by atoms with E-state index in [0.29, 0.717) is 24.9 Å². The van der Waals surface area contributed by atoms with Crippen LogP contribution in [0, 0.1) is 0 Å². The molecule has 5 nitrogen and oxygen atoms in total. The largest absolute Gasteiger partial charge is 0.371 e.